The first-order chi connectivity index (χ1) is 8.13. The Morgan fingerprint density at radius 2 is 2.06 bits per heavy atom. The highest BCUT2D eigenvalue weighted by Gasteiger charge is 2.30. The largest absolute Gasteiger partial charge is 0.380 e. The van der Waals surface area contributed by atoms with Gasteiger partial charge in [0, 0.05) is 13.2 Å². The van der Waals surface area contributed by atoms with Crippen LogP contribution in [0.2, 0.25) is 0 Å². The van der Waals surface area contributed by atoms with Crippen LogP contribution in [0.4, 0.5) is 0 Å². The van der Waals surface area contributed by atoms with E-state index in [0.29, 0.717) is 11.8 Å². The summed E-state index contributed by atoms with van der Waals surface area (Å²) in [5.41, 5.74) is 9.25. The van der Waals surface area contributed by atoms with Crippen molar-refractivity contribution in [1.29, 1.82) is 0 Å². The summed E-state index contributed by atoms with van der Waals surface area (Å²) in [6.07, 6.45) is 2.38. The van der Waals surface area contributed by atoms with Crippen LogP contribution in [0, 0.1) is 5.92 Å². The van der Waals surface area contributed by atoms with Crippen molar-refractivity contribution in [3.8, 4) is 0 Å². The van der Waals surface area contributed by atoms with E-state index < -0.39 is 0 Å². The van der Waals surface area contributed by atoms with Gasteiger partial charge < -0.3 is 10.5 Å². The van der Waals surface area contributed by atoms with E-state index in [0.717, 1.165) is 6.42 Å². The van der Waals surface area contributed by atoms with Gasteiger partial charge in [-0.2, -0.15) is 0 Å². The predicted octanol–water partition coefficient (Wildman–Crippen LogP) is 2.71. The standard InChI is InChI=1S/C15H23NO/c1-10(2)15(17-3)14(16)9-12-8-11-6-4-5-7-13(11)12/h4-7,10,12,14-15H,8-9,16H2,1-3H3. The van der Waals surface area contributed by atoms with E-state index in [2.05, 4.69) is 38.1 Å². The molecule has 0 bridgehead atoms. The second-order valence-electron chi connectivity index (χ2n) is 5.44. The molecule has 2 heteroatoms. The van der Waals surface area contributed by atoms with Gasteiger partial charge in [0.05, 0.1) is 6.10 Å². The summed E-state index contributed by atoms with van der Waals surface area (Å²) in [5, 5.41) is 0. The van der Waals surface area contributed by atoms with Crippen molar-refractivity contribution in [2.75, 3.05) is 7.11 Å². The van der Waals surface area contributed by atoms with Crippen molar-refractivity contribution in [2.45, 2.75) is 44.8 Å². The smallest absolute Gasteiger partial charge is 0.0745 e. The molecule has 0 saturated heterocycles. The first kappa shape index (κ1) is 12.6. The molecular formula is C15H23NO. The van der Waals surface area contributed by atoms with Crippen molar-refractivity contribution in [2.24, 2.45) is 11.7 Å². The Kier molecular flexibility index (Phi) is 3.85. The minimum Gasteiger partial charge on any atom is -0.380 e. The zero-order chi connectivity index (χ0) is 12.4. The van der Waals surface area contributed by atoms with Gasteiger partial charge >= 0.3 is 0 Å². The minimum absolute atomic E-state index is 0.137. The van der Waals surface area contributed by atoms with Crippen LogP contribution in [0.15, 0.2) is 24.3 Å². The van der Waals surface area contributed by atoms with E-state index in [1.165, 1.54) is 17.5 Å². The van der Waals surface area contributed by atoms with E-state index in [-0.39, 0.29) is 12.1 Å². The topological polar surface area (TPSA) is 35.2 Å². The fourth-order valence-electron chi connectivity index (χ4n) is 2.98. The lowest BCUT2D eigenvalue weighted by molar-refractivity contribution is 0.0394. The molecule has 0 spiro atoms. The van der Waals surface area contributed by atoms with Gasteiger partial charge in [-0.1, -0.05) is 38.1 Å². The molecular weight excluding hydrogens is 210 g/mol. The van der Waals surface area contributed by atoms with Gasteiger partial charge in [0.2, 0.25) is 0 Å². The molecule has 0 aliphatic heterocycles. The number of hydrogen-bond acceptors (Lipinski definition) is 2. The quantitative estimate of drug-likeness (QED) is 0.848. The lowest BCUT2D eigenvalue weighted by atomic mass is 9.73. The van der Waals surface area contributed by atoms with Gasteiger partial charge in [0.25, 0.3) is 0 Å². The van der Waals surface area contributed by atoms with Gasteiger partial charge in [0.15, 0.2) is 0 Å². The SMILES string of the molecule is COC(C(C)C)C(N)CC1Cc2ccccc21. The Morgan fingerprint density at radius 1 is 1.35 bits per heavy atom. The molecule has 0 radical (unpaired) electrons. The fraction of sp³-hybridized carbons (Fsp3) is 0.600. The van der Waals surface area contributed by atoms with Crippen molar-refractivity contribution >= 4 is 0 Å². The number of benzene rings is 1. The first-order valence-electron chi connectivity index (χ1n) is 6.49. The van der Waals surface area contributed by atoms with Crippen LogP contribution in [0.5, 0.6) is 0 Å². The summed E-state index contributed by atoms with van der Waals surface area (Å²) in [7, 11) is 1.76. The van der Waals surface area contributed by atoms with Gasteiger partial charge in [0.1, 0.15) is 0 Å². The lowest BCUT2D eigenvalue weighted by Gasteiger charge is -2.35. The van der Waals surface area contributed by atoms with Gasteiger partial charge in [-0.05, 0) is 35.8 Å². The maximum Gasteiger partial charge on any atom is 0.0745 e. The lowest BCUT2D eigenvalue weighted by Crippen LogP contribution is -2.42. The molecule has 1 aliphatic carbocycles. The van der Waals surface area contributed by atoms with Gasteiger partial charge in [-0.15, -0.1) is 0 Å². The number of nitrogens with two attached hydrogens (primary N) is 1. The summed E-state index contributed by atoms with van der Waals surface area (Å²) in [5.74, 6) is 1.11. The fourth-order valence-corrected chi connectivity index (χ4v) is 2.98. The van der Waals surface area contributed by atoms with Crippen LogP contribution in [0.25, 0.3) is 0 Å². The highest BCUT2D eigenvalue weighted by Crippen LogP contribution is 2.38. The third-order valence-electron chi connectivity index (χ3n) is 3.87. The second kappa shape index (κ2) is 5.19. The van der Waals surface area contributed by atoms with Gasteiger partial charge in [-0.3, -0.25) is 0 Å². The summed E-state index contributed by atoms with van der Waals surface area (Å²) in [6, 6.07) is 8.81. The predicted molar refractivity (Wildman–Crippen MR) is 71.1 cm³/mol. The molecule has 0 aromatic heterocycles. The molecule has 3 unspecified atom stereocenters. The van der Waals surface area contributed by atoms with E-state index in [4.69, 9.17) is 10.5 Å². The Balaban J connectivity index is 1.95. The molecule has 0 fully saturated rings. The van der Waals surface area contributed by atoms with Crippen molar-refractivity contribution in [3.05, 3.63) is 35.4 Å². The maximum absolute atomic E-state index is 6.27. The zero-order valence-electron chi connectivity index (χ0n) is 11.0. The van der Waals surface area contributed by atoms with Crippen molar-refractivity contribution in [1.82, 2.24) is 0 Å². The average molecular weight is 233 g/mol. The number of ether oxygens (including phenoxy) is 1. The van der Waals surface area contributed by atoms with Crippen LogP contribution < -0.4 is 5.73 Å². The molecule has 2 N–H and O–H groups in total. The van der Waals surface area contributed by atoms with Crippen LogP contribution in [-0.2, 0) is 11.2 Å². The van der Waals surface area contributed by atoms with E-state index in [1.54, 1.807) is 7.11 Å². The molecule has 1 aliphatic rings. The maximum atomic E-state index is 6.27. The summed E-state index contributed by atoms with van der Waals surface area (Å²) in [6.45, 7) is 4.34. The molecule has 1 aromatic rings. The highest BCUT2D eigenvalue weighted by molar-refractivity contribution is 5.39. The Hall–Kier alpha value is -0.860. The average Bonchev–Trinajstić information content (AvgIpc) is 2.26. The third-order valence-corrected chi connectivity index (χ3v) is 3.87. The van der Waals surface area contributed by atoms with E-state index in [9.17, 15) is 0 Å². The molecule has 0 saturated carbocycles. The van der Waals surface area contributed by atoms with Gasteiger partial charge in [-0.25, -0.2) is 0 Å². The van der Waals surface area contributed by atoms with Crippen molar-refractivity contribution < 1.29 is 4.74 Å². The molecule has 0 heterocycles. The number of hydrogen-bond donors (Lipinski definition) is 1. The third kappa shape index (κ3) is 2.53. The molecule has 2 nitrogen and oxygen atoms in total. The highest BCUT2D eigenvalue weighted by atomic mass is 16.5. The molecule has 3 atom stereocenters. The number of methoxy groups -OCH3 is 1. The summed E-state index contributed by atoms with van der Waals surface area (Å²) < 4.78 is 5.51. The van der Waals surface area contributed by atoms with Crippen molar-refractivity contribution in [3.63, 3.8) is 0 Å². The second-order valence-corrected chi connectivity index (χ2v) is 5.44. The van der Waals surface area contributed by atoms with E-state index >= 15 is 0 Å². The monoisotopic (exact) mass is 233 g/mol. The molecule has 17 heavy (non-hydrogen) atoms. The summed E-state index contributed by atoms with van der Waals surface area (Å²) >= 11 is 0. The number of fused-ring (bicyclic) bond motifs is 1. The Labute approximate surface area is 104 Å². The number of rotatable bonds is 5. The Morgan fingerprint density at radius 3 is 2.65 bits per heavy atom. The molecule has 0 amide bonds. The summed E-state index contributed by atoms with van der Waals surface area (Å²) in [4.78, 5) is 0. The zero-order valence-corrected chi connectivity index (χ0v) is 11.0. The van der Waals surface area contributed by atoms with Crippen LogP contribution in [0.1, 0.15) is 37.3 Å². The van der Waals surface area contributed by atoms with Crippen LogP contribution >= 0.6 is 0 Å². The molecule has 94 valence electrons. The molecule has 2 rings (SSSR count). The normalized spacial score (nSPS) is 21.8. The first-order valence-corrected chi connectivity index (χ1v) is 6.49. The molecule has 1 aromatic carbocycles. The minimum atomic E-state index is 0.137. The Bertz CT molecular complexity index is 375. The van der Waals surface area contributed by atoms with E-state index in [1.807, 2.05) is 0 Å². The van der Waals surface area contributed by atoms with Crippen LogP contribution in [0.3, 0.4) is 0 Å². The van der Waals surface area contributed by atoms with Crippen LogP contribution in [-0.4, -0.2) is 19.3 Å².